The molecular formula is C41H79NO4. The smallest absolute Gasteiger partial charge is 0.249 e. The second-order valence-corrected chi connectivity index (χ2v) is 13.8. The van der Waals surface area contributed by atoms with Gasteiger partial charge in [-0.2, -0.15) is 0 Å². The number of allylic oxidation sites excluding steroid dienone is 3. The molecule has 46 heavy (non-hydrogen) atoms. The Labute approximate surface area is 286 Å². The van der Waals surface area contributed by atoms with Crippen LogP contribution in [0.25, 0.3) is 0 Å². The van der Waals surface area contributed by atoms with Gasteiger partial charge < -0.3 is 20.6 Å². The molecule has 0 spiro atoms. The van der Waals surface area contributed by atoms with Gasteiger partial charge in [0, 0.05) is 0 Å². The lowest BCUT2D eigenvalue weighted by Crippen LogP contribution is -2.48. The van der Waals surface area contributed by atoms with Crippen molar-refractivity contribution in [3.8, 4) is 0 Å². The first-order chi connectivity index (χ1) is 22.6. The number of aliphatic hydroxyl groups is 3. The molecule has 5 nitrogen and oxygen atoms in total. The molecule has 272 valence electrons. The van der Waals surface area contributed by atoms with Crippen LogP contribution in [-0.2, 0) is 4.79 Å². The first-order valence-corrected chi connectivity index (χ1v) is 20.2. The zero-order valence-corrected chi connectivity index (χ0v) is 30.7. The molecular weight excluding hydrogens is 570 g/mol. The van der Waals surface area contributed by atoms with Gasteiger partial charge in [0.05, 0.1) is 18.8 Å². The molecule has 0 bridgehead atoms. The monoisotopic (exact) mass is 650 g/mol. The minimum Gasteiger partial charge on any atom is -0.394 e. The lowest BCUT2D eigenvalue weighted by atomic mass is 10.0. The largest absolute Gasteiger partial charge is 0.394 e. The molecule has 0 aliphatic rings. The van der Waals surface area contributed by atoms with Crippen LogP contribution >= 0.6 is 0 Å². The SMILES string of the molecule is CCCCCCCCCCC/C=C/CC/C=C/C(O)C(CO)NC(=O)C(O)CCCCCCCCCCCCCCCCCCC. The number of carbonyl (C=O) groups is 1. The van der Waals surface area contributed by atoms with E-state index in [1.807, 2.05) is 6.08 Å². The summed E-state index contributed by atoms with van der Waals surface area (Å²) in [6, 6.07) is -0.809. The molecule has 0 aliphatic heterocycles. The van der Waals surface area contributed by atoms with Crippen molar-refractivity contribution in [2.24, 2.45) is 0 Å². The maximum atomic E-state index is 12.4. The van der Waals surface area contributed by atoms with Gasteiger partial charge in [-0.3, -0.25) is 4.79 Å². The van der Waals surface area contributed by atoms with Gasteiger partial charge in [0.2, 0.25) is 5.91 Å². The molecule has 0 heterocycles. The Balaban J connectivity index is 3.73. The molecule has 0 aliphatic carbocycles. The van der Waals surface area contributed by atoms with Crippen LogP contribution in [0.1, 0.15) is 206 Å². The Kier molecular flexibility index (Phi) is 35.7. The van der Waals surface area contributed by atoms with Crippen LogP contribution < -0.4 is 5.32 Å². The summed E-state index contributed by atoms with van der Waals surface area (Å²) in [4.78, 5) is 12.4. The molecule has 0 rings (SSSR count). The zero-order chi connectivity index (χ0) is 33.8. The van der Waals surface area contributed by atoms with E-state index in [0.29, 0.717) is 6.42 Å². The van der Waals surface area contributed by atoms with Crippen LogP contribution in [0.4, 0.5) is 0 Å². The average Bonchev–Trinajstić information content (AvgIpc) is 3.06. The molecule has 1 amide bonds. The maximum Gasteiger partial charge on any atom is 0.249 e. The van der Waals surface area contributed by atoms with E-state index in [9.17, 15) is 20.1 Å². The summed E-state index contributed by atoms with van der Waals surface area (Å²) in [7, 11) is 0. The molecule has 0 radical (unpaired) electrons. The van der Waals surface area contributed by atoms with Crippen LogP contribution in [0.15, 0.2) is 24.3 Å². The maximum absolute atomic E-state index is 12.4. The van der Waals surface area contributed by atoms with Crippen molar-refractivity contribution in [1.82, 2.24) is 5.32 Å². The van der Waals surface area contributed by atoms with Crippen molar-refractivity contribution in [1.29, 1.82) is 0 Å². The highest BCUT2D eigenvalue weighted by atomic mass is 16.3. The fourth-order valence-electron chi connectivity index (χ4n) is 6.08. The lowest BCUT2D eigenvalue weighted by molar-refractivity contribution is -0.131. The highest BCUT2D eigenvalue weighted by Crippen LogP contribution is 2.15. The first kappa shape index (κ1) is 44.8. The summed E-state index contributed by atoms with van der Waals surface area (Å²) in [5.74, 6) is -0.512. The van der Waals surface area contributed by atoms with E-state index in [1.165, 1.54) is 148 Å². The third kappa shape index (κ3) is 31.4. The topological polar surface area (TPSA) is 89.8 Å². The van der Waals surface area contributed by atoms with Crippen molar-refractivity contribution in [3.05, 3.63) is 24.3 Å². The van der Waals surface area contributed by atoms with Gasteiger partial charge in [0.15, 0.2) is 0 Å². The molecule has 4 N–H and O–H groups in total. The van der Waals surface area contributed by atoms with Crippen molar-refractivity contribution in [2.45, 2.75) is 225 Å². The molecule has 3 unspecified atom stereocenters. The fourth-order valence-corrected chi connectivity index (χ4v) is 6.08. The predicted octanol–water partition coefficient (Wildman–Crippen LogP) is 11.0. The second-order valence-electron chi connectivity index (χ2n) is 13.8. The van der Waals surface area contributed by atoms with Crippen LogP contribution in [0.2, 0.25) is 0 Å². The van der Waals surface area contributed by atoms with Crippen LogP contribution in [-0.4, -0.2) is 46.1 Å². The number of nitrogens with one attached hydrogen (secondary N) is 1. The Morgan fingerprint density at radius 1 is 0.522 bits per heavy atom. The van der Waals surface area contributed by atoms with Gasteiger partial charge in [-0.1, -0.05) is 199 Å². The standard InChI is InChI=1S/C41H79NO4/c1-3-5-7-9-11-13-15-17-19-20-22-24-26-28-30-32-34-36-40(45)41(46)42-38(37-43)39(44)35-33-31-29-27-25-23-21-18-16-14-12-10-8-6-4-2/h25,27,33,35,38-40,43-45H,3-24,26,28-32,34,36-37H2,1-2H3,(H,42,46)/b27-25+,35-33+. The summed E-state index contributed by atoms with van der Waals surface area (Å²) in [6.07, 6.45) is 43.4. The minimum atomic E-state index is -1.10. The Bertz CT molecular complexity index is 679. The summed E-state index contributed by atoms with van der Waals surface area (Å²) >= 11 is 0. The molecule has 0 aromatic heterocycles. The van der Waals surface area contributed by atoms with Crippen LogP contribution in [0.3, 0.4) is 0 Å². The summed E-state index contributed by atoms with van der Waals surface area (Å²) < 4.78 is 0. The number of amides is 1. The van der Waals surface area contributed by atoms with Crippen molar-refractivity contribution in [3.63, 3.8) is 0 Å². The van der Waals surface area contributed by atoms with Gasteiger partial charge >= 0.3 is 0 Å². The molecule has 3 atom stereocenters. The third-order valence-electron chi connectivity index (χ3n) is 9.29. The van der Waals surface area contributed by atoms with E-state index in [1.54, 1.807) is 6.08 Å². The Morgan fingerprint density at radius 2 is 0.891 bits per heavy atom. The van der Waals surface area contributed by atoms with Gasteiger partial charge in [-0.25, -0.2) is 0 Å². The van der Waals surface area contributed by atoms with E-state index in [0.717, 1.165) is 38.5 Å². The van der Waals surface area contributed by atoms with Crippen molar-refractivity contribution < 1.29 is 20.1 Å². The van der Waals surface area contributed by atoms with Gasteiger partial charge in [-0.05, 0) is 32.1 Å². The van der Waals surface area contributed by atoms with E-state index in [4.69, 9.17) is 0 Å². The van der Waals surface area contributed by atoms with Crippen molar-refractivity contribution in [2.75, 3.05) is 6.61 Å². The minimum absolute atomic E-state index is 0.373. The molecule has 5 heteroatoms. The molecule has 0 fully saturated rings. The molecule has 0 aromatic rings. The summed E-state index contributed by atoms with van der Waals surface area (Å²) in [5.41, 5.74) is 0. The quantitative estimate of drug-likeness (QED) is 0.0401. The van der Waals surface area contributed by atoms with E-state index in [2.05, 4.69) is 31.3 Å². The number of aliphatic hydroxyl groups excluding tert-OH is 3. The highest BCUT2D eigenvalue weighted by molar-refractivity contribution is 5.80. The van der Waals surface area contributed by atoms with E-state index in [-0.39, 0.29) is 6.61 Å². The van der Waals surface area contributed by atoms with E-state index >= 15 is 0 Å². The van der Waals surface area contributed by atoms with Crippen LogP contribution in [0, 0.1) is 0 Å². The first-order valence-electron chi connectivity index (χ1n) is 20.2. The summed E-state index contributed by atoms with van der Waals surface area (Å²) in [5, 5.41) is 33.0. The second kappa shape index (κ2) is 36.7. The average molecular weight is 650 g/mol. The van der Waals surface area contributed by atoms with E-state index < -0.39 is 24.2 Å². The number of carbonyl (C=O) groups excluding carboxylic acids is 1. The molecule has 0 aromatic carbocycles. The lowest BCUT2D eigenvalue weighted by Gasteiger charge is -2.21. The van der Waals surface area contributed by atoms with Gasteiger partial charge in [-0.15, -0.1) is 0 Å². The number of hydrogen-bond donors (Lipinski definition) is 4. The predicted molar refractivity (Wildman–Crippen MR) is 199 cm³/mol. The Morgan fingerprint density at radius 3 is 1.33 bits per heavy atom. The third-order valence-corrected chi connectivity index (χ3v) is 9.29. The number of hydrogen-bond acceptors (Lipinski definition) is 4. The number of rotatable bonds is 36. The summed E-state index contributed by atoms with van der Waals surface area (Å²) in [6.45, 7) is 4.16. The number of unbranched alkanes of at least 4 members (excludes halogenated alkanes) is 26. The van der Waals surface area contributed by atoms with Crippen molar-refractivity contribution >= 4 is 5.91 Å². The van der Waals surface area contributed by atoms with Crippen LogP contribution in [0.5, 0.6) is 0 Å². The van der Waals surface area contributed by atoms with Gasteiger partial charge in [0.1, 0.15) is 6.10 Å². The van der Waals surface area contributed by atoms with Gasteiger partial charge in [0.25, 0.3) is 0 Å². The molecule has 0 saturated heterocycles. The highest BCUT2D eigenvalue weighted by Gasteiger charge is 2.22. The Hall–Kier alpha value is -1.17. The fraction of sp³-hybridized carbons (Fsp3) is 0.878. The zero-order valence-electron chi connectivity index (χ0n) is 30.7. The molecule has 0 saturated carbocycles. The normalized spacial score (nSPS) is 13.9.